The Morgan fingerprint density at radius 2 is 1.41 bits per heavy atom. The van der Waals surface area contributed by atoms with Crippen LogP contribution in [0, 0.1) is 0 Å². The number of para-hydroxylation sites is 1. The van der Waals surface area contributed by atoms with E-state index in [0.717, 1.165) is 57.8 Å². The number of likely N-dealkylation sites (N-methyl/N-ethyl adjacent to an activating group) is 1. The molecule has 0 aromatic heterocycles. The van der Waals surface area contributed by atoms with Gasteiger partial charge in [-0.25, -0.2) is 0 Å². The van der Waals surface area contributed by atoms with Gasteiger partial charge in [-0.15, -0.1) is 0 Å². The Morgan fingerprint density at radius 1 is 0.759 bits per heavy atom. The minimum Gasteiger partial charge on any atom is -0.493 e. The lowest BCUT2D eigenvalue weighted by Crippen LogP contribution is -2.44. The molecule has 4 heteroatoms. The molecule has 0 aliphatic carbocycles. The van der Waals surface area contributed by atoms with Gasteiger partial charge in [0.25, 0.3) is 0 Å². The maximum absolute atomic E-state index is 6.22. The second-order valence-corrected chi connectivity index (χ2v) is 8.50. The van der Waals surface area contributed by atoms with Crippen molar-refractivity contribution >= 4 is 0 Å². The summed E-state index contributed by atoms with van der Waals surface area (Å²) in [5, 5.41) is 0. The van der Waals surface area contributed by atoms with Gasteiger partial charge in [-0.2, -0.15) is 0 Å². The molecule has 2 aromatic carbocycles. The van der Waals surface area contributed by atoms with Crippen LogP contribution in [0.15, 0.2) is 48.5 Å². The Bertz CT molecular complexity index is 743. The van der Waals surface area contributed by atoms with Crippen LogP contribution in [-0.4, -0.2) is 74.2 Å². The Labute approximate surface area is 176 Å². The number of hydrogen-bond acceptors (Lipinski definition) is 4. The fraction of sp³-hybridized carbons (Fsp3) is 0.520. The third-order valence-electron chi connectivity index (χ3n) is 6.35. The first-order valence-electron chi connectivity index (χ1n) is 11.2. The third kappa shape index (κ3) is 5.81. The van der Waals surface area contributed by atoms with Crippen molar-refractivity contribution in [3.05, 3.63) is 65.2 Å². The van der Waals surface area contributed by atoms with Crippen LogP contribution in [0.3, 0.4) is 0 Å². The summed E-state index contributed by atoms with van der Waals surface area (Å²) in [5.74, 6) is 1.06. The molecular formula is C25H35N3O. The van der Waals surface area contributed by atoms with Crippen LogP contribution >= 0.6 is 0 Å². The second-order valence-electron chi connectivity index (χ2n) is 8.50. The summed E-state index contributed by atoms with van der Waals surface area (Å²) in [6, 6.07) is 17.5. The molecule has 2 heterocycles. The molecule has 0 atom stereocenters. The van der Waals surface area contributed by atoms with Crippen molar-refractivity contribution in [3.63, 3.8) is 0 Å². The molecule has 156 valence electrons. The van der Waals surface area contributed by atoms with Crippen molar-refractivity contribution in [1.29, 1.82) is 0 Å². The number of rotatable bonds is 7. The number of benzene rings is 2. The zero-order valence-corrected chi connectivity index (χ0v) is 17.9. The van der Waals surface area contributed by atoms with E-state index in [1.165, 1.54) is 42.9 Å². The molecule has 4 nitrogen and oxygen atoms in total. The standard InChI is InChI=1S/C25H35N3O/c1-26-16-18-27(19-17-26)13-6-20-29-25-10-5-4-9-24(25)21-28-14-11-22-7-2-3-8-23(22)12-15-28/h2-5,7-10H,6,11-21H2,1H3. The number of piperazine rings is 1. The summed E-state index contributed by atoms with van der Waals surface area (Å²) >= 11 is 0. The van der Waals surface area contributed by atoms with E-state index in [-0.39, 0.29) is 0 Å². The molecule has 29 heavy (non-hydrogen) atoms. The van der Waals surface area contributed by atoms with Gasteiger partial charge in [0.1, 0.15) is 5.75 Å². The molecule has 0 spiro atoms. The van der Waals surface area contributed by atoms with Crippen LogP contribution in [0.1, 0.15) is 23.1 Å². The fourth-order valence-corrected chi connectivity index (χ4v) is 4.43. The minimum absolute atomic E-state index is 0.800. The highest BCUT2D eigenvalue weighted by molar-refractivity contribution is 5.34. The van der Waals surface area contributed by atoms with E-state index in [2.05, 4.69) is 70.3 Å². The van der Waals surface area contributed by atoms with Crippen LogP contribution in [0.4, 0.5) is 0 Å². The zero-order chi connectivity index (χ0) is 19.9. The molecule has 1 saturated heterocycles. The Kier molecular flexibility index (Phi) is 7.20. The second kappa shape index (κ2) is 10.2. The summed E-state index contributed by atoms with van der Waals surface area (Å²) in [4.78, 5) is 7.54. The predicted molar refractivity (Wildman–Crippen MR) is 120 cm³/mol. The highest BCUT2D eigenvalue weighted by Gasteiger charge is 2.16. The quantitative estimate of drug-likeness (QED) is 0.672. The molecule has 0 radical (unpaired) electrons. The van der Waals surface area contributed by atoms with Gasteiger partial charge in [-0.3, -0.25) is 4.90 Å². The maximum atomic E-state index is 6.22. The lowest BCUT2D eigenvalue weighted by atomic mass is 10.0. The summed E-state index contributed by atoms with van der Waals surface area (Å²) in [6.45, 7) is 9.89. The van der Waals surface area contributed by atoms with Gasteiger partial charge >= 0.3 is 0 Å². The van der Waals surface area contributed by atoms with Crippen molar-refractivity contribution in [3.8, 4) is 5.75 Å². The van der Waals surface area contributed by atoms with E-state index in [4.69, 9.17) is 4.74 Å². The average Bonchev–Trinajstić information content (AvgIpc) is 2.96. The molecule has 0 bridgehead atoms. The lowest BCUT2D eigenvalue weighted by Gasteiger charge is -2.32. The first-order chi connectivity index (χ1) is 14.3. The van der Waals surface area contributed by atoms with Crippen molar-refractivity contribution in [2.45, 2.75) is 25.8 Å². The highest BCUT2D eigenvalue weighted by Crippen LogP contribution is 2.22. The van der Waals surface area contributed by atoms with Gasteiger partial charge in [0.15, 0.2) is 0 Å². The van der Waals surface area contributed by atoms with Crippen LogP contribution < -0.4 is 4.74 Å². The molecule has 0 saturated carbocycles. The highest BCUT2D eigenvalue weighted by atomic mass is 16.5. The number of ether oxygens (including phenoxy) is 1. The maximum Gasteiger partial charge on any atom is 0.123 e. The first kappa shape index (κ1) is 20.4. The third-order valence-corrected chi connectivity index (χ3v) is 6.35. The summed E-state index contributed by atoms with van der Waals surface area (Å²) < 4.78 is 6.22. The van der Waals surface area contributed by atoms with E-state index in [1.807, 2.05) is 0 Å². The van der Waals surface area contributed by atoms with E-state index in [1.54, 1.807) is 0 Å². The van der Waals surface area contributed by atoms with E-state index >= 15 is 0 Å². The largest absolute Gasteiger partial charge is 0.493 e. The van der Waals surface area contributed by atoms with Gasteiger partial charge in [-0.05, 0) is 43.5 Å². The van der Waals surface area contributed by atoms with Crippen molar-refractivity contribution in [2.24, 2.45) is 0 Å². The molecule has 0 N–H and O–H groups in total. The summed E-state index contributed by atoms with van der Waals surface area (Å²) in [5.41, 5.74) is 4.35. The van der Waals surface area contributed by atoms with E-state index in [9.17, 15) is 0 Å². The van der Waals surface area contributed by atoms with Crippen LogP contribution in [0.2, 0.25) is 0 Å². The zero-order valence-electron chi connectivity index (χ0n) is 17.9. The van der Waals surface area contributed by atoms with Gasteiger partial charge in [-0.1, -0.05) is 42.5 Å². The molecule has 4 rings (SSSR count). The molecule has 2 aliphatic heterocycles. The Morgan fingerprint density at radius 3 is 2.14 bits per heavy atom. The first-order valence-corrected chi connectivity index (χ1v) is 11.2. The fourth-order valence-electron chi connectivity index (χ4n) is 4.43. The van der Waals surface area contributed by atoms with Crippen LogP contribution in [0.5, 0.6) is 5.75 Å². The number of nitrogens with zero attached hydrogens (tertiary/aromatic N) is 3. The molecule has 1 fully saturated rings. The predicted octanol–water partition coefficient (Wildman–Crippen LogP) is 3.30. The van der Waals surface area contributed by atoms with Gasteiger partial charge in [0.05, 0.1) is 6.61 Å². The molecule has 2 aliphatic rings. The Hall–Kier alpha value is -1.88. The normalized spacial score (nSPS) is 18.9. The van der Waals surface area contributed by atoms with Gasteiger partial charge in [0, 0.05) is 57.9 Å². The van der Waals surface area contributed by atoms with Crippen molar-refractivity contribution < 1.29 is 4.74 Å². The monoisotopic (exact) mass is 393 g/mol. The van der Waals surface area contributed by atoms with Crippen LogP contribution in [0.25, 0.3) is 0 Å². The number of hydrogen-bond donors (Lipinski definition) is 0. The SMILES string of the molecule is CN1CCN(CCCOc2ccccc2CN2CCc3ccccc3CC2)CC1. The van der Waals surface area contributed by atoms with Crippen LogP contribution in [-0.2, 0) is 19.4 Å². The molecule has 0 amide bonds. The van der Waals surface area contributed by atoms with E-state index in [0.29, 0.717) is 0 Å². The molecule has 0 unspecified atom stereocenters. The Balaban J connectivity index is 1.26. The minimum atomic E-state index is 0.800. The average molecular weight is 394 g/mol. The van der Waals surface area contributed by atoms with Gasteiger partial charge in [0.2, 0.25) is 0 Å². The smallest absolute Gasteiger partial charge is 0.123 e. The topological polar surface area (TPSA) is 19.0 Å². The molecular weight excluding hydrogens is 358 g/mol. The van der Waals surface area contributed by atoms with E-state index < -0.39 is 0 Å². The van der Waals surface area contributed by atoms with Gasteiger partial charge < -0.3 is 14.5 Å². The summed E-state index contributed by atoms with van der Waals surface area (Å²) in [7, 11) is 2.21. The lowest BCUT2D eigenvalue weighted by molar-refractivity contribution is 0.145. The van der Waals surface area contributed by atoms with Crippen molar-refractivity contribution in [2.75, 3.05) is 59.5 Å². The molecule has 2 aromatic rings. The number of fused-ring (bicyclic) bond motifs is 1. The summed E-state index contributed by atoms with van der Waals surface area (Å²) in [6.07, 6.45) is 3.38. The van der Waals surface area contributed by atoms with Crippen molar-refractivity contribution in [1.82, 2.24) is 14.7 Å².